The number of hydrogen-bond acceptors (Lipinski definition) is 6. The SMILES string of the molecule is O=C1OC2(CCC(N3C=Cc4[nH]c(-c5ccc(F)cc5)nc4N3)CC2)c2cnccc21. The number of imidazole rings is 1. The third-order valence-electron chi connectivity index (χ3n) is 6.46. The summed E-state index contributed by atoms with van der Waals surface area (Å²) in [5.74, 6) is 0.907. The van der Waals surface area contributed by atoms with Gasteiger partial charge in [0.2, 0.25) is 0 Å². The van der Waals surface area contributed by atoms with Crippen LogP contribution >= 0.6 is 0 Å². The number of hydrogen-bond donors (Lipinski definition) is 2. The van der Waals surface area contributed by atoms with Gasteiger partial charge >= 0.3 is 5.97 Å². The Morgan fingerprint density at radius 2 is 1.97 bits per heavy atom. The normalized spacial score (nSPS) is 24.0. The summed E-state index contributed by atoms with van der Waals surface area (Å²) in [6.45, 7) is 0. The van der Waals surface area contributed by atoms with Crippen molar-refractivity contribution >= 4 is 17.9 Å². The van der Waals surface area contributed by atoms with E-state index in [1.54, 1.807) is 30.6 Å². The molecule has 2 N–H and O–H groups in total. The van der Waals surface area contributed by atoms with E-state index in [0.717, 1.165) is 48.3 Å². The third-order valence-corrected chi connectivity index (χ3v) is 6.46. The lowest BCUT2D eigenvalue weighted by Crippen LogP contribution is -2.43. The fourth-order valence-electron chi connectivity index (χ4n) is 4.81. The second-order valence-electron chi connectivity index (χ2n) is 8.23. The zero-order chi connectivity index (χ0) is 21.0. The molecular weight excluding hydrogens is 397 g/mol. The van der Waals surface area contributed by atoms with E-state index < -0.39 is 5.60 Å². The lowest BCUT2D eigenvalue weighted by molar-refractivity contribution is -0.0376. The third kappa shape index (κ3) is 2.90. The molecule has 2 aromatic heterocycles. The topological polar surface area (TPSA) is 83.1 Å². The molecule has 0 bridgehead atoms. The molecule has 1 fully saturated rings. The quantitative estimate of drug-likeness (QED) is 0.607. The van der Waals surface area contributed by atoms with E-state index in [1.165, 1.54) is 12.1 Å². The van der Waals surface area contributed by atoms with Crippen LogP contribution in [0, 0.1) is 5.82 Å². The van der Waals surface area contributed by atoms with Gasteiger partial charge in [0.1, 0.15) is 17.2 Å². The van der Waals surface area contributed by atoms with Crippen LogP contribution in [0.5, 0.6) is 0 Å². The molecule has 8 heteroatoms. The number of anilines is 1. The number of rotatable bonds is 2. The molecule has 0 atom stereocenters. The monoisotopic (exact) mass is 417 g/mol. The summed E-state index contributed by atoms with van der Waals surface area (Å²) in [7, 11) is 0. The Kier molecular flexibility index (Phi) is 3.89. The van der Waals surface area contributed by atoms with E-state index in [4.69, 9.17) is 4.74 Å². The summed E-state index contributed by atoms with van der Waals surface area (Å²) >= 11 is 0. The molecule has 0 unspecified atom stereocenters. The van der Waals surface area contributed by atoms with Crippen LogP contribution in [0.3, 0.4) is 0 Å². The van der Waals surface area contributed by atoms with Crippen molar-refractivity contribution in [3.63, 3.8) is 0 Å². The number of aromatic amines is 1. The van der Waals surface area contributed by atoms with Crippen molar-refractivity contribution in [3.8, 4) is 11.4 Å². The fourth-order valence-corrected chi connectivity index (χ4v) is 4.81. The van der Waals surface area contributed by atoms with Crippen LogP contribution in [0.1, 0.15) is 47.3 Å². The zero-order valence-corrected chi connectivity index (χ0v) is 16.6. The molecule has 2 aliphatic heterocycles. The number of benzene rings is 1. The first-order valence-corrected chi connectivity index (χ1v) is 10.4. The van der Waals surface area contributed by atoms with Crippen LogP contribution in [-0.4, -0.2) is 32.0 Å². The second-order valence-corrected chi connectivity index (χ2v) is 8.23. The van der Waals surface area contributed by atoms with E-state index in [2.05, 4.69) is 25.4 Å². The molecule has 6 rings (SSSR count). The van der Waals surface area contributed by atoms with Crippen molar-refractivity contribution < 1.29 is 13.9 Å². The van der Waals surface area contributed by atoms with Crippen LogP contribution < -0.4 is 5.43 Å². The standard InChI is InChI=1S/C23H20FN5O2/c24-15-3-1-14(2-4-15)20-26-19-8-12-29(28-21(19)27-20)16-5-9-23(10-6-16)18-13-25-11-7-17(18)22(30)31-23/h1-4,7-8,11-13,16,28H,5-6,9-10H2,(H,26,27). The van der Waals surface area contributed by atoms with E-state index in [0.29, 0.717) is 11.4 Å². The Morgan fingerprint density at radius 1 is 1.16 bits per heavy atom. The molecule has 4 heterocycles. The number of H-pyrrole nitrogens is 1. The van der Waals surface area contributed by atoms with E-state index in [9.17, 15) is 9.18 Å². The number of nitrogens with zero attached hydrogens (tertiary/aromatic N) is 3. The second kappa shape index (κ2) is 6.66. The number of hydrazine groups is 1. The lowest BCUT2D eigenvalue weighted by Gasteiger charge is -2.41. The van der Waals surface area contributed by atoms with Crippen molar-refractivity contribution in [2.75, 3.05) is 5.43 Å². The van der Waals surface area contributed by atoms with Crippen molar-refractivity contribution in [1.29, 1.82) is 0 Å². The van der Waals surface area contributed by atoms with Gasteiger partial charge in [-0.15, -0.1) is 0 Å². The number of halogens is 1. The highest BCUT2D eigenvalue weighted by atomic mass is 19.1. The first-order valence-electron chi connectivity index (χ1n) is 10.4. The smallest absolute Gasteiger partial charge is 0.339 e. The fraction of sp³-hybridized carbons (Fsp3) is 0.261. The summed E-state index contributed by atoms with van der Waals surface area (Å²) in [4.78, 5) is 24.4. The number of nitrogens with one attached hydrogen (secondary N) is 2. The number of fused-ring (bicyclic) bond motifs is 3. The molecule has 0 amide bonds. The highest BCUT2D eigenvalue weighted by Gasteiger charge is 2.48. The van der Waals surface area contributed by atoms with Crippen LogP contribution in [0.2, 0.25) is 0 Å². The van der Waals surface area contributed by atoms with E-state index in [-0.39, 0.29) is 17.8 Å². The average Bonchev–Trinajstić information content (AvgIpc) is 3.34. The molecule has 0 saturated heterocycles. The summed E-state index contributed by atoms with van der Waals surface area (Å²) in [5, 5.41) is 2.07. The van der Waals surface area contributed by atoms with Gasteiger partial charge in [0.25, 0.3) is 0 Å². The summed E-state index contributed by atoms with van der Waals surface area (Å²) in [6, 6.07) is 8.25. The van der Waals surface area contributed by atoms with Crippen LogP contribution in [0.15, 0.2) is 48.9 Å². The van der Waals surface area contributed by atoms with Crippen LogP contribution in [-0.2, 0) is 10.3 Å². The molecule has 3 aromatic rings. The van der Waals surface area contributed by atoms with Gasteiger partial charge in [0, 0.05) is 29.7 Å². The Hall–Kier alpha value is -3.68. The van der Waals surface area contributed by atoms with Gasteiger partial charge in [0.05, 0.1) is 17.3 Å². The van der Waals surface area contributed by atoms with E-state index in [1.807, 2.05) is 12.3 Å². The zero-order valence-electron chi connectivity index (χ0n) is 16.6. The largest absolute Gasteiger partial charge is 0.450 e. The first-order chi connectivity index (χ1) is 15.1. The van der Waals surface area contributed by atoms with Gasteiger partial charge in [-0.3, -0.25) is 15.4 Å². The Balaban J connectivity index is 1.18. The highest BCUT2D eigenvalue weighted by molar-refractivity contribution is 5.94. The minimum Gasteiger partial charge on any atom is -0.450 e. The molecule has 3 aliphatic rings. The van der Waals surface area contributed by atoms with Crippen molar-refractivity contribution in [1.82, 2.24) is 20.0 Å². The predicted octanol–water partition coefficient (Wildman–Crippen LogP) is 4.23. The number of aromatic nitrogens is 3. The van der Waals surface area contributed by atoms with Crippen molar-refractivity contribution in [2.45, 2.75) is 37.3 Å². The highest BCUT2D eigenvalue weighted by Crippen LogP contribution is 2.47. The van der Waals surface area contributed by atoms with Crippen LogP contribution in [0.4, 0.5) is 10.2 Å². The minimum atomic E-state index is -0.552. The maximum atomic E-state index is 13.2. The van der Waals surface area contributed by atoms with Crippen LogP contribution in [0.25, 0.3) is 17.5 Å². The maximum Gasteiger partial charge on any atom is 0.339 e. The van der Waals surface area contributed by atoms with Gasteiger partial charge < -0.3 is 9.72 Å². The summed E-state index contributed by atoms with van der Waals surface area (Å²) in [5.41, 5.74) is 6.10. The molecule has 0 radical (unpaired) electrons. The number of carbonyl (C=O) groups excluding carboxylic acids is 1. The van der Waals surface area contributed by atoms with Crippen molar-refractivity contribution in [2.24, 2.45) is 0 Å². The Bertz CT molecular complexity index is 1190. The van der Waals surface area contributed by atoms with Gasteiger partial charge in [-0.2, -0.15) is 0 Å². The minimum absolute atomic E-state index is 0.249. The van der Waals surface area contributed by atoms with E-state index >= 15 is 0 Å². The molecule has 1 aromatic carbocycles. The molecule has 1 aliphatic carbocycles. The average molecular weight is 417 g/mol. The number of pyridine rings is 1. The molecule has 1 spiro atoms. The first kappa shape index (κ1) is 18.1. The summed E-state index contributed by atoms with van der Waals surface area (Å²) in [6.07, 6.45) is 10.6. The number of ether oxygens (including phenoxy) is 1. The van der Waals surface area contributed by atoms with Gasteiger partial charge in [-0.1, -0.05) is 0 Å². The molecular formula is C23H20FN5O2. The lowest BCUT2D eigenvalue weighted by atomic mass is 9.78. The molecule has 7 nitrogen and oxygen atoms in total. The number of carbonyl (C=O) groups is 1. The van der Waals surface area contributed by atoms with Crippen molar-refractivity contribution in [3.05, 3.63) is 71.6 Å². The maximum absolute atomic E-state index is 13.2. The van der Waals surface area contributed by atoms with Gasteiger partial charge in [0.15, 0.2) is 5.82 Å². The molecule has 31 heavy (non-hydrogen) atoms. The summed E-state index contributed by atoms with van der Waals surface area (Å²) < 4.78 is 19.0. The number of esters is 1. The molecule has 156 valence electrons. The van der Waals surface area contributed by atoms with Gasteiger partial charge in [-0.25, -0.2) is 14.2 Å². The molecule has 1 saturated carbocycles. The predicted molar refractivity (Wildman–Crippen MR) is 112 cm³/mol. The Morgan fingerprint density at radius 3 is 2.77 bits per heavy atom. The Labute approximate surface area is 177 Å². The van der Waals surface area contributed by atoms with Gasteiger partial charge in [-0.05, 0) is 62.1 Å².